The van der Waals surface area contributed by atoms with Crippen LogP contribution in [0, 0.1) is 0 Å². The number of urea groups is 1. The molecule has 1 aromatic carbocycles. The molecule has 2 rings (SSSR count). The van der Waals surface area contributed by atoms with Gasteiger partial charge in [-0.3, -0.25) is 0 Å². The van der Waals surface area contributed by atoms with Crippen molar-refractivity contribution in [2.24, 2.45) is 0 Å². The normalized spacial score (nSPS) is 15.3. The van der Waals surface area contributed by atoms with Crippen LogP contribution in [-0.4, -0.2) is 56.2 Å². The summed E-state index contributed by atoms with van der Waals surface area (Å²) in [7, 11) is 5.65. The molecule has 1 saturated heterocycles. The Hall–Kier alpha value is -1.30. The summed E-state index contributed by atoms with van der Waals surface area (Å²) in [5.74, 6) is 0. The first-order chi connectivity index (χ1) is 9.52. The van der Waals surface area contributed by atoms with Gasteiger partial charge < -0.3 is 19.9 Å². The molecule has 1 fully saturated rings. The van der Waals surface area contributed by atoms with Crippen LogP contribution >= 0.6 is 11.6 Å². The molecule has 6 heteroatoms. The largest absolute Gasteiger partial charge is 0.380 e. The molecule has 1 aliphatic heterocycles. The number of halogens is 1. The summed E-state index contributed by atoms with van der Waals surface area (Å²) in [5, 5.41) is 3.50. The Kier molecular flexibility index (Phi) is 4.86. The highest BCUT2D eigenvalue weighted by Gasteiger charge is 2.32. The van der Waals surface area contributed by atoms with Crippen molar-refractivity contribution in [3.05, 3.63) is 28.8 Å². The Morgan fingerprint density at radius 3 is 2.80 bits per heavy atom. The predicted octanol–water partition coefficient (Wildman–Crippen LogP) is 2.26. The second kappa shape index (κ2) is 6.43. The van der Waals surface area contributed by atoms with E-state index in [0.717, 1.165) is 18.7 Å². The SMILES string of the molecule is COCc1c(Cl)cccc1NC(=O)N1CC(N(C)C)C1. The lowest BCUT2D eigenvalue weighted by Gasteiger charge is -2.42. The van der Waals surface area contributed by atoms with E-state index in [2.05, 4.69) is 10.2 Å². The molecule has 1 heterocycles. The van der Waals surface area contributed by atoms with E-state index in [1.165, 1.54) is 0 Å². The van der Waals surface area contributed by atoms with Crippen LogP contribution in [0.4, 0.5) is 10.5 Å². The third-order valence-electron chi connectivity index (χ3n) is 3.53. The third kappa shape index (κ3) is 3.23. The van der Waals surface area contributed by atoms with Crippen molar-refractivity contribution in [3.8, 4) is 0 Å². The standard InChI is InChI=1S/C14H20ClN3O2/c1-17(2)10-7-18(8-10)14(19)16-13-6-4-5-12(15)11(13)9-20-3/h4-6,10H,7-9H2,1-3H3,(H,16,19). The van der Waals surface area contributed by atoms with Gasteiger partial charge in [-0.05, 0) is 26.2 Å². The van der Waals surface area contributed by atoms with Gasteiger partial charge in [-0.2, -0.15) is 0 Å². The van der Waals surface area contributed by atoms with Crippen LogP contribution in [0.2, 0.25) is 5.02 Å². The van der Waals surface area contributed by atoms with Gasteiger partial charge in [-0.25, -0.2) is 4.79 Å². The first kappa shape index (κ1) is 15.1. The molecule has 0 atom stereocenters. The molecule has 110 valence electrons. The van der Waals surface area contributed by atoms with Crippen LogP contribution in [0.15, 0.2) is 18.2 Å². The Morgan fingerprint density at radius 1 is 1.50 bits per heavy atom. The Morgan fingerprint density at radius 2 is 2.20 bits per heavy atom. The molecule has 20 heavy (non-hydrogen) atoms. The van der Waals surface area contributed by atoms with Crippen LogP contribution in [-0.2, 0) is 11.3 Å². The fourth-order valence-electron chi connectivity index (χ4n) is 2.11. The quantitative estimate of drug-likeness (QED) is 0.927. The summed E-state index contributed by atoms with van der Waals surface area (Å²) >= 11 is 6.13. The fraction of sp³-hybridized carbons (Fsp3) is 0.500. The number of methoxy groups -OCH3 is 1. The zero-order valence-corrected chi connectivity index (χ0v) is 12.8. The minimum Gasteiger partial charge on any atom is -0.380 e. The van der Waals surface area contributed by atoms with Gasteiger partial charge >= 0.3 is 6.03 Å². The van der Waals surface area contributed by atoms with E-state index >= 15 is 0 Å². The highest BCUT2D eigenvalue weighted by atomic mass is 35.5. The highest BCUT2D eigenvalue weighted by Crippen LogP contribution is 2.26. The molecule has 1 N–H and O–H groups in total. The van der Waals surface area contributed by atoms with Gasteiger partial charge in [0.05, 0.1) is 6.61 Å². The number of hydrogen-bond acceptors (Lipinski definition) is 3. The number of carbonyl (C=O) groups excluding carboxylic acids is 1. The van der Waals surface area contributed by atoms with Crippen LogP contribution in [0.5, 0.6) is 0 Å². The molecule has 0 radical (unpaired) electrons. The number of hydrogen-bond donors (Lipinski definition) is 1. The maximum absolute atomic E-state index is 12.1. The van der Waals surface area contributed by atoms with Crippen molar-refractivity contribution < 1.29 is 9.53 Å². The number of nitrogens with zero attached hydrogens (tertiary/aromatic N) is 2. The first-order valence-electron chi connectivity index (χ1n) is 6.51. The number of rotatable bonds is 4. The average molecular weight is 298 g/mol. The fourth-order valence-corrected chi connectivity index (χ4v) is 2.34. The van der Waals surface area contributed by atoms with Gasteiger partial charge in [0.25, 0.3) is 0 Å². The number of anilines is 1. The van der Waals surface area contributed by atoms with Crippen molar-refractivity contribution in [3.63, 3.8) is 0 Å². The molecule has 5 nitrogen and oxygen atoms in total. The third-order valence-corrected chi connectivity index (χ3v) is 3.88. The van der Waals surface area contributed by atoms with Crippen LogP contribution < -0.4 is 5.32 Å². The minimum absolute atomic E-state index is 0.0947. The average Bonchev–Trinajstić information content (AvgIpc) is 2.31. The van der Waals surface area contributed by atoms with Crippen molar-refractivity contribution in [2.45, 2.75) is 12.6 Å². The van der Waals surface area contributed by atoms with E-state index < -0.39 is 0 Å². The van der Waals surface area contributed by atoms with E-state index in [1.807, 2.05) is 26.2 Å². The molecule has 0 unspecified atom stereocenters. The van der Waals surface area contributed by atoms with Crippen LogP contribution in [0.25, 0.3) is 0 Å². The van der Waals surface area contributed by atoms with Crippen LogP contribution in [0.3, 0.4) is 0 Å². The van der Waals surface area contributed by atoms with Crippen molar-refractivity contribution in [1.29, 1.82) is 0 Å². The second-order valence-corrected chi connectivity index (χ2v) is 5.56. The maximum Gasteiger partial charge on any atom is 0.321 e. The van der Waals surface area contributed by atoms with Crippen LogP contribution in [0.1, 0.15) is 5.56 Å². The summed E-state index contributed by atoms with van der Waals surface area (Å²) in [6.45, 7) is 1.87. The van der Waals surface area contributed by atoms with Gasteiger partial charge in [0.2, 0.25) is 0 Å². The van der Waals surface area contributed by atoms with E-state index in [4.69, 9.17) is 16.3 Å². The Labute approximate surface area is 124 Å². The smallest absolute Gasteiger partial charge is 0.321 e. The van der Waals surface area contributed by atoms with E-state index in [9.17, 15) is 4.79 Å². The number of nitrogens with one attached hydrogen (secondary N) is 1. The highest BCUT2D eigenvalue weighted by molar-refractivity contribution is 6.31. The number of benzene rings is 1. The number of carbonyl (C=O) groups is 1. The monoisotopic (exact) mass is 297 g/mol. The topological polar surface area (TPSA) is 44.8 Å². The molecule has 0 spiro atoms. The molecule has 0 aromatic heterocycles. The summed E-state index contributed by atoms with van der Waals surface area (Å²) in [4.78, 5) is 16.0. The molecular formula is C14H20ClN3O2. The maximum atomic E-state index is 12.1. The molecule has 0 saturated carbocycles. The first-order valence-corrected chi connectivity index (χ1v) is 6.89. The van der Waals surface area contributed by atoms with E-state index in [1.54, 1.807) is 18.1 Å². The summed E-state index contributed by atoms with van der Waals surface area (Å²) in [6, 6.07) is 5.79. The summed E-state index contributed by atoms with van der Waals surface area (Å²) in [5.41, 5.74) is 1.51. The van der Waals surface area contributed by atoms with Crippen molar-refractivity contribution in [2.75, 3.05) is 39.6 Å². The molecule has 1 aliphatic rings. The van der Waals surface area contributed by atoms with E-state index in [0.29, 0.717) is 23.4 Å². The van der Waals surface area contributed by atoms with Gasteiger partial charge in [-0.1, -0.05) is 17.7 Å². The second-order valence-electron chi connectivity index (χ2n) is 5.15. The van der Waals surface area contributed by atoms with Gasteiger partial charge in [0.1, 0.15) is 0 Å². The zero-order valence-electron chi connectivity index (χ0n) is 12.0. The van der Waals surface area contributed by atoms with Crippen molar-refractivity contribution in [1.82, 2.24) is 9.80 Å². The lowest BCUT2D eigenvalue weighted by atomic mass is 10.1. The molecule has 1 aromatic rings. The molecule has 0 aliphatic carbocycles. The minimum atomic E-state index is -0.0947. The molecular weight excluding hydrogens is 278 g/mol. The summed E-state index contributed by atoms with van der Waals surface area (Å²) in [6.07, 6.45) is 0. The van der Waals surface area contributed by atoms with Gasteiger partial charge in [0.15, 0.2) is 0 Å². The van der Waals surface area contributed by atoms with Gasteiger partial charge in [0, 0.05) is 42.5 Å². The Bertz CT molecular complexity index is 487. The Balaban J connectivity index is 2.00. The summed E-state index contributed by atoms with van der Waals surface area (Å²) < 4.78 is 5.12. The molecule has 2 amide bonds. The lowest BCUT2D eigenvalue weighted by Crippen LogP contribution is -2.60. The van der Waals surface area contributed by atoms with Crippen molar-refractivity contribution >= 4 is 23.3 Å². The van der Waals surface area contributed by atoms with E-state index in [-0.39, 0.29) is 6.03 Å². The van der Waals surface area contributed by atoms with Gasteiger partial charge in [-0.15, -0.1) is 0 Å². The predicted molar refractivity (Wildman–Crippen MR) is 80.2 cm³/mol. The lowest BCUT2D eigenvalue weighted by molar-refractivity contribution is 0.0942. The number of ether oxygens (including phenoxy) is 1. The number of likely N-dealkylation sites (tertiary alicyclic amines) is 1. The molecule has 0 bridgehead atoms. The number of amides is 2. The zero-order chi connectivity index (χ0) is 14.7. The number of likely N-dealkylation sites (N-methyl/N-ethyl adjacent to an activating group) is 1.